The lowest BCUT2D eigenvalue weighted by Gasteiger charge is -2.34. The quantitative estimate of drug-likeness (QED) is 0.266. The van der Waals surface area contributed by atoms with E-state index in [0.717, 1.165) is 66.9 Å². The zero-order chi connectivity index (χ0) is 37.3. The van der Waals surface area contributed by atoms with Crippen molar-refractivity contribution in [1.82, 2.24) is 0 Å². The largest absolute Gasteiger partial charge is 0.493 e. The molecule has 2 aliphatic heterocycles. The normalized spacial score (nSPS) is 33.1. The van der Waals surface area contributed by atoms with Crippen molar-refractivity contribution in [2.45, 2.75) is 149 Å². The molecule has 6 aliphatic rings. The summed E-state index contributed by atoms with van der Waals surface area (Å²) in [4.78, 5) is 11.4. The highest BCUT2D eigenvalue weighted by atomic mass is 16.6. The number of amides is 1. The third-order valence-electron chi connectivity index (χ3n) is 12.9. The molecular formula is C42H50N4O7. The number of methoxy groups -OCH3 is 2. The van der Waals surface area contributed by atoms with Crippen molar-refractivity contribution >= 4 is 5.91 Å². The molecule has 1 amide bonds. The van der Waals surface area contributed by atoms with E-state index in [1.54, 1.807) is 14.2 Å². The van der Waals surface area contributed by atoms with E-state index in [1.807, 2.05) is 36.4 Å². The molecule has 2 spiro atoms. The summed E-state index contributed by atoms with van der Waals surface area (Å²) in [6, 6.07) is 19.0. The van der Waals surface area contributed by atoms with E-state index >= 15 is 0 Å². The summed E-state index contributed by atoms with van der Waals surface area (Å²) in [7, 11) is 3.28. The second-order valence-corrected chi connectivity index (χ2v) is 15.8. The van der Waals surface area contributed by atoms with Crippen LogP contribution in [0.5, 0.6) is 23.0 Å². The first-order chi connectivity index (χ1) is 25.7. The van der Waals surface area contributed by atoms with E-state index in [9.17, 15) is 15.3 Å². The zero-order valence-corrected chi connectivity index (χ0v) is 30.9. The molecule has 11 heteroatoms. The van der Waals surface area contributed by atoms with E-state index < -0.39 is 28.4 Å². The molecule has 4 saturated carbocycles. The van der Waals surface area contributed by atoms with Gasteiger partial charge < -0.3 is 34.2 Å². The number of epoxide rings is 2. The van der Waals surface area contributed by atoms with Crippen molar-refractivity contribution in [3.63, 3.8) is 0 Å². The summed E-state index contributed by atoms with van der Waals surface area (Å²) in [5.74, 6) is 2.47. The number of hydrogen-bond acceptors (Lipinski definition) is 10. The van der Waals surface area contributed by atoms with E-state index in [0.29, 0.717) is 44.3 Å². The smallest absolute Gasteiger partial charge is 0.249 e. The predicted molar refractivity (Wildman–Crippen MR) is 193 cm³/mol. The minimum Gasteiger partial charge on any atom is -0.493 e. The van der Waals surface area contributed by atoms with E-state index in [-0.39, 0.29) is 23.9 Å². The number of ether oxygens (including phenoxy) is 6. The van der Waals surface area contributed by atoms with Gasteiger partial charge in [0.2, 0.25) is 5.91 Å². The van der Waals surface area contributed by atoms with Gasteiger partial charge in [-0.2, -0.15) is 15.8 Å². The minimum absolute atomic E-state index is 0.220. The van der Waals surface area contributed by atoms with Crippen LogP contribution in [-0.2, 0) is 25.1 Å². The number of nitrogens with zero attached hydrogens (tertiary/aromatic N) is 3. The second-order valence-electron chi connectivity index (χ2n) is 15.8. The van der Waals surface area contributed by atoms with Gasteiger partial charge in [-0.1, -0.05) is 12.1 Å². The molecule has 0 bridgehead atoms. The highest BCUT2D eigenvalue weighted by Gasteiger charge is 2.63. The highest BCUT2D eigenvalue weighted by Crippen LogP contribution is 2.55. The average molecular weight is 723 g/mol. The number of benzene rings is 2. The highest BCUT2D eigenvalue weighted by molar-refractivity contribution is 5.83. The van der Waals surface area contributed by atoms with Gasteiger partial charge in [0.1, 0.15) is 11.2 Å². The summed E-state index contributed by atoms with van der Waals surface area (Å²) >= 11 is 0. The van der Waals surface area contributed by atoms with Crippen molar-refractivity contribution in [3.8, 4) is 41.2 Å². The van der Waals surface area contributed by atoms with Crippen LogP contribution in [0, 0.1) is 34.0 Å². The van der Waals surface area contributed by atoms with Gasteiger partial charge >= 0.3 is 0 Å². The van der Waals surface area contributed by atoms with Gasteiger partial charge in [-0.3, -0.25) is 4.79 Å². The molecule has 2 aromatic carbocycles. The molecule has 11 nitrogen and oxygen atoms in total. The standard InChI is InChI=1S/C21H26N2O4.C21H24N2O3/c1-25-16-7-6-14(12-17(16)26-15-4-2-3-5-15)20(13-22)8-10-21(11-9-20)18(27-21)19(23)24;1-24-17-7-6-15(12-18(17)25-16-4-2-3-5-16)20(14-23)8-10-21(11-9-20)19(13-22)26-21/h6-7,12,15,18H,2-5,8-11H2,1H3,(H2,23,24);6-7,12,16,19H,2-5,8-11H2,1H3. The first-order valence-corrected chi connectivity index (χ1v) is 19.2. The summed E-state index contributed by atoms with van der Waals surface area (Å²) in [6.07, 6.45) is 14.3. The number of nitriles is 3. The number of hydrogen-bond donors (Lipinski definition) is 1. The van der Waals surface area contributed by atoms with Gasteiger partial charge in [-0.25, -0.2) is 0 Å². The molecule has 6 fully saturated rings. The Morgan fingerprint density at radius 1 is 0.660 bits per heavy atom. The van der Waals surface area contributed by atoms with Crippen LogP contribution < -0.4 is 24.7 Å². The first kappa shape index (κ1) is 36.8. The lowest BCUT2D eigenvalue weighted by molar-refractivity contribution is -0.119. The Bertz CT molecular complexity index is 1800. The number of rotatable bonds is 9. The maximum absolute atomic E-state index is 11.4. The summed E-state index contributed by atoms with van der Waals surface area (Å²) in [5, 5.41) is 29.1. The van der Waals surface area contributed by atoms with Crippen LogP contribution in [0.4, 0.5) is 0 Å². The first-order valence-electron chi connectivity index (χ1n) is 19.2. The Morgan fingerprint density at radius 2 is 1.09 bits per heavy atom. The lowest BCUT2D eigenvalue weighted by atomic mass is 9.66. The third-order valence-corrected chi connectivity index (χ3v) is 12.9. The second kappa shape index (κ2) is 14.7. The summed E-state index contributed by atoms with van der Waals surface area (Å²) in [5.41, 5.74) is 5.43. The summed E-state index contributed by atoms with van der Waals surface area (Å²) in [6.45, 7) is 0. The Hall–Kier alpha value is -4.50. The summed E-state index contributed by atoms with van der Waals surface area (Å²) < 4.78 is 34.5. The fourth-order valence-electron chi connectivity index (χ4n) is 9.26. The lowest BCUT2D eigenvalue weighted by Crippen LogP contribution is -2.37. The average Bonchev–Trinajstić information content (AvgIpc) is 3.84. The molecule has 2 atom stereocenters. The molecule has 0 radical (unpaired) electrons. The number of carbonyl (C=O) groups excluding carboxylic acids is 1. The van der Waals surface area contributed by atoms with Gasteiger partial charge in [-0.15, -0.1) is 0 Å². The van der Waals surface area contributed by atoms with Crippen LogP contribution in [0.1, 0.15) is 114 Å². The van der Waals surface area contributed by atoms with Gasteiger partial charge in [0.25, 0.3) is 0 Å². The van der Waals surface area contributed by atoms with E-state index in [4.69, 9.17) is 39.4 Å². The van der Waals surface area contributed by atoms with Crippen LogP contribution in [0.2, 0.25) is 0 Å². The Balaban J connectivity index is 0.000000164. The van der Waals surface area contributed by atoms with Gasteiger partial charge in [0.05, 0.1) is 55.5 Å². The van der Waals surface area contributed by atoms with E-state index in [2.05, 4.69) is 18.2 Å². The van der Waals surface area contributed by atoms with Gasteiger partial charge in [0, 0.05) is 0 Å². The van der Waals surface area contributed by atoms with Crippen LogP contribution in [0.25, 0.3) is 0 Å². The monoisotopic (exact) mass is 722 g/mol. The van der Waals surface area contributed by atoms with Crippen molar-refractivity contribution in [1.29, 1.82) is 15.8 Å². The van der Waals surface area contributed by atoms with Gasteiger partial charge in [0.15, 0.2) is 35.2 Å². The van der Waals surface area contributed by atoms with Crippen LogP contribution >= 0.6 is 0 Å². The maximum Gasteiger partial charge on any atom is 0.249 e. The van der Waals surface area contributed by atoms with Crippen LogP contribution in [-0.4, -0.2) is 55.7 Å². The minimum atomic E-state index is -0.598. The van der Waals surface area contributed by atoms with Crippen LogP contribution in [0.15, 0.2) is 36.4 Å². The van der Waals surface area contributed by atoms with Crippen molar-refractivity contribution in [2.24, 2.45) is 5.73 Å². The number of carbonyl (C=O) groups is 1. The Kier molecular flexibility index (Phi) is 10.2. The van der Waals surface area contributed by atoms with E-state index in [1.165, 1.54) is 25.7 Å². The van der Waals surface area contributed by atoms with Crippen molar-refractivity contribution in [3.05, 3.63) is 47.5 Å². The topological polar surface area (TPSA) is 176 Å². The maximum atomic E-state index is 11.4. The Morgan fingerprint density at radius 3 is 1.43 bits per heavy atom. The van der Waals surface area contributed by atoms with Gasteiger partial charge in [-0.05, 0) is 138 Å². The molecule has 2 aromatic rings. The van der Waals surface area contributed by atoms with Crippen molar-refractivity contribution < 1.29 is 33.2 Å². The predicted octanol–water partition coefficient (Wildman–Crippen LogP) is 6.99. The Labute approximate surface area is 312 Å². The van der Waals surface area contributed by atoms with Crippen LogP contribution in [0.3, 0.4) is 0 Å². The number of nitrogens with two attached hydrogens (primary N) is 1. The SMILES string of the molecule is COc1ccc(C2(C#N)CCC3(CC2)OC3C#N)cc1OC1CCCC1.COc1ccc(C2(C#N)CCC3(CC2)OC3C(N)=O)cc1OC1CCCC1. The molecule has 2 N–H and O–H groups in total. The number of primary amides is 1. The van der Waals surface area contributed by atoms with Crippen molar-refractivity contribution in [2.75, 3.05) is 14.2 Å². The molecule has 53 heavy (non-hydrogen) atoms. The molecule has 280 valence electrons. The molecule has 2 unspecified atom stereocenters. The molecule has 8 rings (SSSR count). The fourth-order valence-corrected chi connectivity index (χ4v) is 9.26. The third kappa shape index (κ3) is 7.12. The molecule has 0 aromatic heterocycles. The molecular weight excluding hydrogens is 672 g/mol. The zero-order valence-electron chi connectivity index (χ0n) is 30.9. The molecule has 2 heterocycles. The fraction of sp³-hybridized carbons (Fsp3) is 0.619. The molecule has 4 aliphatic carbocycles. The molecule has 2 saturated heterocycles.